The van der Waals surface area contributed by atoms with Gasteiger partial charge in [-0.3, -0.25) is 0 Å². The fourth-order valence-electron chi connectivity index (χ4n) is 1.98. The second-order valence-corrected chi connectivity index (χ2v) is 5.95. The molecule has 2 rings (SSSR count). The summed E-state index contributed by atoms with van der Waals surface area (Å²) in [6, 6.07) is 6.19. The van der Waals surface area contributed by atoms with Crippen LogP contribution in [0.4, 0.5) is 10.5 Å². The SMILES string of the molecule is CC1CN(C(=O)Nc2ccccc2C(=O)O)CCS1. The normalized spacial score (nSPS) is 19.0. The molecule has 1 aliphatic heterocycles. The number of carboxylic acids is 1. The van der Waals surface area contributed by atoms with Crippen LogP contribution in [0.3, 0.4) is 0 Å². The van der Waals surface area contributed by atoms with Crippen molar-refractivity contribution in [1.82, 2.24) is 4.90 Å². The van der Waals surface area contributed by atoms with E-state index < -0.39 is 5.97 Å². The molecular formula is C13H16N2O3S. The molecule has 0 radical (unpaired) electrons. The van der Waals surface area contributed by atoms with Crippen molar-refractivity contribution in [2.75, 3.05) is 24.2 Å². The number of urea groups is 1. The zero-order valence-corrected chi connectivity index (χ0v) is 11.4. The van der Waals surface area contributed by atoms with E-state index >= 15 is 0 Å². The summed E-state index contributed by atoms with van der Waals surface area (Å²) in [7, 11) is 0. The first-order valence-corrected chi connectivity index (χ1v) is 7.12. The summed E-state index contributed by atoms with van der Waals surface area (Å²) in [5, 5.41) is 12.2. The summed E-state index contributed by atoms with van der Waals surface area (Å²) in [5.74, 6) is -0.131. The van der Waals surface area contributed by atoms with E-state index in [2.05, 4.69) is 12.2 Å². The number of thioether (sulfide) groups is 1. The van der Waals surface area contributed by atoms with Gasteiger partial charge in [-0.2, -0.15) is 11.8 Å². The van der Waals surface area contributed by atoms with E-state index in [-0.39, 0.29) is 11.6 Å². The van der Waals surface area contributed by atoms with Gasteiger partial charge in [0.2, 0.25) is 0 Å². The number of hydrogen-bond donors (Lipinski definition) is 2. The highest BCUT2D eigenvalue weighted by atomic mass is 32.2. The summed E-state index contributed by atoms with van der Waals surface area (Å²) in [6.07, 6.45) is 0. The minimum atomic E-state index is -1.04. The predicted octanol–water partition coefficient (Wildman–Crippen LogP) is 2.35. The first-order valence-electron chi connectivity index (χ1n) is 6.08. The highest BCUT2D eigenvalue weighted by molar-refractivity contribution is 7.99. The number of nitrogens with zero attached hydrogens (tertiary/aromatic N) is 1. The molecule has 0 saturated carbocycles. The Bertz CT molecular complexity index is 493. The molecule has 5 nitrogen and oxygen atoms in total. The Balaban J connectivity index is 2.08. The molecule has 2 N–H and O–H groups in total. The van der Waals surface area contributed by atoms with Gasteiger partial charge in [0.15, 0.2) is 0 Å². The topological polar surface area (TPSA) is 69.6 Å². The van der Waals surface area contributed by atoms with E-state index in [1.807, 2.05) is 11.8 Å². The Kier molecular flexibility index (Phi) is 4.31. The molecule has 1 heterocycles. The molecule has 0 aliphatic carbocycles. The van der Waals surface area contributed by atoms with Gasteiger partial charge in [-0.1, -0.05) is 19.1 Å². The van der Waals surface area contributed by atoms with E-state index in [0.29, 0.717) is 24.0 Å². The van der Waals surface area contributed by atoms with Crippen molar-refractivity contribution in [3.05, 3.63) is 29.8 Å². The van der Waals surface area contributed by atoms with Gasteiger partial charge in [0.1, 0.15) is 0 Å². The summed E-state index contributed by atoms with van der Waals surface area (Å²) >= 11 is 1.84. The van der Waals surface area contributed by atoms with Crippen molar-refractivity contribution >= 4 is 29.4 Å². The van der Waals surface area contributed by atoms with Crippen LogP contribution in [-0.2, 0) is 0 Å². The van der Waals surface area contributed by atoms with Crippen molar-refractivity contribution in [2.45, 2.75) is 12.2 Å². The monoisotopic (exact) mass is 280 g/mol. The number of para-hydroxylation sites is 1. The average molecular weight is 280 g/mol. The van der Waals surface area contributed by atoms with Crippen LogP contribution < -0.4 is 5.32 Å². The summed E-state index contributed by atoms with van der Waals surface area (Å²) in [4.78, 5) is 24.9. The fourth-order valence-corrected chi connectivity index (χ4v) is 2.99. The standard InChI is InChI=1S/C13H16N2O3S/c1-9-8-15(6-7-19-9)13(18)14-11-5-3-2-4-10(11)12(16)17/h2-5,9H,6-8H2,1H3,(H,14,18)(H,16,17). The molecule has 1 atom stereocenters. The van der Waals surface area contributed by atoms with Gasteiger partial charge < -0.3 is 15.3 Å². The first-order chi connectivity index (χ1) is 9.08. The van der Waals surface area contributed by atoms with Crippen LogP contribution in [0.1, 0.15) is 17.3 Å². The number of amides is 2. The van der Waals surface area contributed by atoms with Crippen LogP contribution in [0.15, 0.2) is 24.3 Å². The van der Waals surface area contributed by atoms with Gasteiger partial charge in [0.05, 0.1) is 11.3 Å². The molecule has 1 unspecified atom stereocenters. The lowest BCUT2D eigenvalue weighted by atomic mass is 10.2. The molecule has 6 heteroatoms. The van der Waals surface area contributed by atoms with Crippen LogP contribution >= 0.6 is 11.8 Å². The van der Waals surface area contributed by atoms with Crippen molar-refractivity contribution in [2.24, 2.45) is 0 Å². The maximum Gasteiger partial charge on any atom is 0.337 e. The number of hydrogen-bond acceptors (Lipinski definition) is 3. The minimum Gasteiger partial charge on any atom is -0.478 e. The van der Waals surface area contributed by atoms with Crippen molar-refractivity contribution in [3.63, 3.8) is 0 Å². The van der Waals surface area contributed by atoms with Gasteiger partial charge in [-0.15, -0.1) is 0 Å². The van der Waals surface area contributed by atoms with Crippen LogP contribution in [0, 0.1) is 0 Å². The maximum absolute atomic E-state index is 12.1. The molecule has 19 heavy (non-hydrogen) atoms. The number of rotatable bonds is 2. The van der Waals surface area contributed by atoms with E-state index in [9.17, 15) is 9.59 Å². The molecule has 0 bridgehead atoms. The Hall–Kier alpha value is -1.69. The molecule has 1 aromatic rings. The van der Waals surface area contributed by atoms with Gasteiger partial charge in [0.25, 0.3) is 0 Å². The fraction of sp³-hybridized carbons (Fsp3) is 0.385. The van der Waals surface area contributed by atoms with Crippen LogP contribution in [0.2, 0.25) is 0 Å². The lowest BCUT2D eigenvalue weighted by Crippen LogP contribution is -2.43. The Morgan fingerprint density at radius 3 is 2.84 bits per heavy atom. The number of nitrogens with one attached hydrogen (secondary N) is 1. The number of aromatic carboxylic acids is 1. The number of carbonyl (C=O) groups excluding carboxylic acids is 1. The Morgan fingerprint density at radius 2 is 2.16 bits per heavy atom. The van der Waals surface area contributed by atoms with E-state index in [1.54, 1.807) is 23.1 Å². The maximum atomic E-state index is 12.1. The smallest absolute Gasteiger partial charge is 0.337 e. The quantitative estimate of drug-likeness (QED) is 0.872. The van der Waals surface area contributed by atoms with Gasteiger partial charge in [0, 0.05) is 24.1 Å². The third kappa shape index (κ3) is 3.41. The second-order valence-electron chi connectivity index (χ2n) is 4.41. The van der Waals surface area contributed by atoms with Crippen LogP contribution in [0.5, 0.6) is 0 Å². The van der Waals surface area contributed by atoms with Gasteiger partial charge in [-0.25, -0.2) is 9.59 Å². The number of carboxylic acid groups (broad SMARTS) is 1. The third-order valence-electron chi connectivity index (χ3n) is 2.93. The molecule has 1 aliphatic rings. The van der Waals surface area contributed by atoms with Crippen LogP contribution in [-0.4, -0.2) is 46.1 Å². The van der Waals surface area contributed by atoms with E-state index in [0.717, 1.165) is 5.75 Å². The molecule has 1 fully saturated rings. The first kappa shape index (κ1) is 13.7. The minimum absolute atomic E-state index is 0.107. The number of carbonyl (C=O) groups is 2. The van der Waals surface area contributed by atoms with E-state index in [4.69, 9.17) is 5.11 Å². The summed E-state index contributed by atoms with van der Waals surface area (Å²) < 4.78 is 0. The lowest BCUT2D eigenvalue weighted by molar-refractivity contribution is 0.0698. The molecule has 0 aromatic heterocycles. The molecular weight excluding hydrogens is 264 g/mol. The number of anilines is 1. The van der Waals surface area contributed by atoms with Gasteiger partial charge >= 0.3 is 12.0 Å². The highest BCUT2D eigenvalue weighted by Crippen LogP contribution is 2.20. The predicted molar refractivity (Wildman–Crippen MR) is 75.9 cm³/mol. The zero-order valence-electron chi connectivity index (χ0n) is 10.6. The molecule has 2 amide bonds. The van der Waals surface area contributed by atoms with Crippen LogP contribution in [0.25, 0.3) is 0 Å². The molecule has 0 spiro atoms. The Morgan fingerprint density at radius 1 is 1.42 bits per heavy atom. The Labute approximate surface area is 116 Å². The van der Waals surface area contributed by atoms with Crippen molar-refractivity contribution in [3.8, 4) is 0 Å². The molecule has 102 valence electrons. The van der Waals surface area contributed by atoms with E-state index in [1.165, 1.54) is 6.07 Å². The number of benzene rings is 1. The summed E-state index contributed by atoms with van der Waals surface area (Å²) in [6.45, 7) is 3.46. The zero-order chi connectivity index (χ0) is 13.8. The lowest BCUT2D eigenvalue weighted by Gasteiger charge is -2.30. The second kappa shape index (κ2) is 5.97. The van der Waals surface area contributed by atoms with Crippen molar-refractivity contribution in [1.29, 1.82) is 0 Å². The van der Waals surface area contributed by atoms with Crippen molar-refractivity contribution < 1.29 is 14.7 Å². The largest absolute Gasteiger partial charge is 0.478 e. The van der Waals surface area contributed by atoms with Gasteiger partial charge in [-0.05, 0) is 12.1 Å². The molecule has 1 aromatic carbocycles. The third-order valence-corrected chi connectivity index (χ3v) is 4.06. The summed E-state index contributed by atoms with van der Waals surface area (Å²) in [5.41, 5.74) is 0.446. The highest BCUT2D eigenvalue weighted by Gasteiger charge is 2.22. The average Bonchev–Trinajstić information content (AvgIpc) is 2.39. The molecule has 1 saturated heterocycles.